The Labute approximate surface area is 164 Å². The second kappa shape index (κ2) is 7.98. The van der Waals surface area contributed by atoms with Crippen LogP contribution in [0.15, 0.2) is 36.5 Å². The molecular formula is C21H25N3O4. The molecule has 28 heavy (non-hydrogen) atoms. The number of nitrogens with zero attached hydrogens (tertiary/aromatic N) is 2. The number of carbonyl (C=O) groups is 2. The van der Waals surface area contributed by atoms with E-state index in [1.165, 1.54) is 6.20 Å². The number of hydrogen-bond acceptors (Lipinski definition) is 6. The molecule has 1 aromatic heterocycles. The SMILES string of the molecule is Cc1cc(Nc2ccc(C(=O)OC(C)(C)C)cn2)ccc1N1CCOCC1=O. The summed E-state index contributed by atoms with van der Waals surface area (Å²) in [7, 11) is 0. The monoisotopic (exact) mass is 383 g/mol. The first-order valence-electron chi connectivity index (χ1n) is 9.18. The molecule has 0 bridgehead atoms. The fraction of sp³-hybridized carbons (Fsp3) is 0.381. The third-order valence-electron chi connectivity index (χ3n) is 4.14. The lowest BCUT2D eigenvalue weighted by atomic mass is 10.1. The number of carbonyl (C=O) groups excluding carboxylic acids is 2. The highest BCUT2D eigenvalue weighted by molar-refractivity contribution is 5.95. The molecule has 1 aromatic carbocycles. The molecular weight excluding hydrogens is 358 g/mol. The summed E-state index contributed by atoms with van der Waals surface area (Å²) >= 11 is 0. The maximum atomic E-state index is 12.1. The zero-order chi connectivity index (χ0) is 20.3. The topological polar surface area (TPSA) is 80.8 Å². The van der Waals surface area contributed by atoms with E-state index in [1.54, 1.807) is 17.0 Å². The van der Waals surface area contributed by atoms with E-state index in [2.05, 4.69) is 10.3 Å². The molecule has 7 nitrogen and oxygen atoms in total. The fourth-order valence-electron chi connectivity index (χ4n) is 2.88. The number of anilines is 3. The van der Waals surface area contributed by atoms with Gasteiger partial charge in [0.1, 0.15) is 18.0 Å². The number of amides is 1. The molecule has 0 saturated carbocycles. The molecule has 2 heterocycles. The van der Waals surface area contributed by atoms with Gasteiger partial charge in [-0.05, 0) is 63.6 Å². The minimum absolute atomic E-state index is 0.0329. The van der Waals surface area contributed by atoms with Crippen LogP contribution in [0, 0.1) is 6.92 Å². The van der Waals surface area contributed by atoms with Crippen molar-refractivity contribution in [1.29, 1.82) is 0 Å². The van der Waals surface area contributed by atoms with Crippen LogP contribution in [-0.4, -0.2) is 42.2 Å². The molecule has 2 aromatic rings. The molecule has 0 spiro atoms. The number of rotatable bonds is 4. The molecule has 1 aliphatic heterocycles. The van der Waals surface area contributed by atoms with Crippen molar-refractivity contribution in [1.82, 2.24) is 4.98 Å². The first kappa shape index (κ1) is 19.8. The summed E-state index contributed by atoms with van der Waals surface area (Å²) < 4.78 is 10.5. The lowest BCUT2D eigenvalue weighted by Gasteiger charge is -2.28. The van der Waals surface area contributed by atoms with Crippen LogP contribution < -0.4 is 10.2 Å². The number of morpholine rings is 1. The van der Waals surface area contributed by atoms with Gasteiger partial charge in [0.15, 0.2) is 0 Å². The molecule has 1 amide bonds. The number of benzene rings is 1. The summed E-state index contributed by atoms with van der Waals surface area (Å²) in [5.74, 6) is 0.179. The highest BCUT2D eigenvalue weighted by Crippen LogP contribution is 2.26. The van der Waals surface area contributed by atoms with E-state index in [0.29, 0.717) is 24.5 Å². The number of nitrogens with one attached hydrogen (secondary N) is 1. The Balaban J connectivity index is 1.69. The van der Waals surface area contributed by atoms with Gasteiger partial charge in [-0.15, -0.1) is 0 Å². The molecule has 1 N–H and O–H groups in total. The molecule has 0 atom stereocenters. The molecule has 7 heteroatoms. The van der Waals surface area contributed by atoms with Crippen molar-refractivity contribution >= 4 is 29.1 Å². The highest BCUT2D eigenvalue weighted by atomic mass is 16.6. The number of pyridine rings is 1. The van der Waals surface area contributed by atoms with Crippen molar-refractivity contribution in [2.24, 2.45) is 0 Å². The van der Waals surface area contributed by atoms with Gasteiger partial charge in [-0.3, -0.25) is 4.79 Å². The van der Waals surface area contributed by atoms with Crippen LogP contribution in [0.2, 0.25) is 0 Å². The number of aromatic nitrogens is 1. The van der Waals surface area contributed by atoms with Crippen molar-refractivity contribution in [3.8, 4) is 0 Å². The minimum Gasteiger partial charge on any atom is -0.456 e. The van der Waals surface area contributed by atoms with Gasteiger partial charge in [-0.1, -0.05) is 0 Å². The van der Waals surface area contributed by atoms with Crippen molar-refractivity contribution < 1.29 is 19.1 Å². The maximum absolute atomic E-state index is 12.1. The van der Waals surface area contributed by atoms with Gasteiger partial charge in [0.2, 0.25) is 0 Å². The van der Waals surface area contributed by atoms with Gasteiger partial charge in [0.25, 0.3) is 5.91 Å². The molecule has 0 aliphatic carbocycles. The fourth-order valence-corrected chi connectivity index (χ4v) is 2.88. The van der Waals surface area contributed by atoms with Crippen LogP contribution in [0.5, 0.6) is 0 Å². The number of aryl methyl sites for hydroxylation is 1. The Morgan fingerprint density at radius 1 is 1.25 bits per heavy atom. The standard InChI is InChI=1S/C21H25N3O4/c1-14-11-16(6-7-17(14)24-9-10-27-13-19(24)25)23-18-8-5-15(12-22-18)20(26)28-21(2,3)4/h5-8,11-12H,9-10,13H2,1-4H3,(H,22,23). The third-order valence-corrected chi connectivity index (χ3v) is 4.14. The quantitative estimate of drug-likeness (QED) is 0.815. The minimum atomic E-state index is -0.546. The maximum Gasteiger partial charge on any atom is 0.340 e. The van der Waals surface area contributed by atoms with Gasteiger partial charge in [-0.2, -0.15) is 0 Å². The predicted molar refractivity (Wildman–Crippen MR) is 107 cm³/mol. The summed E-state index contributed by atoms with van der Waals surface area (Å²) in [6.07, 6.45) is 1.49. The zero-order valence-electron chi connectivity index (χ0n) is 16.6. The smallest absolute Gasteiger partial charge is 0.340 e. The Kier molecular flexibility index (Phi) is 5.65. The van der Waals surface area contributed by atoms with E-state index in [-0.39, 0.29) is 12.5 Å². The van der Waals surface area contributed by atoms with Crippen molar-refractivity contribution in [2.75, 3.05) is 30.0 Å². The average Bonchev–Trinajstić information content (AvgIpc) is 2.62. The van der Waals surface area contributed by atoms with Crippen molar-refractivity contribution in [2.45, 2.75) is 33.3 Å². The summed E-state index contributed by atoms with van der Waals surface area (Å²) in [5.41, 5.74) is 2.56. The van der Waals surface area contributed by atoms with Gasteiger partial charge < -0.3 is 19.7 Å². The molecule has 3 rings (SSSR count). The second-order valence-electron chi connectivity index (χ2n) is 7.66. The second-order valence-corrected chi connectivity index (χ2v) is 7.66. The van der Waals surface area contributed by atoms with Crippen LogP contribution in [-0.2, 0) is 14.3 Å². The van der Waals surface area contributed by atoms with Crippen molar-refractivity contribution in [3.05, 3.63) is 47.7 Å². The van der Waals surface area contributed by atoms with E-state index in [1.807, 2.05) is 45.9 Å². The Bertz CT molecular complexity index is 872. The highest BCUT2D eigenvalue weighted by Gasteiger charge is 2.21. The molecule has 0 unspecified atom stereocenters. The van der Waals surface area contributed by atoms with Gasteiger partial charge in [0, 0.05) is 24.1 Å². The van der Waals surface area contributed by atoms with Gasteiger partial charge in [-0.25, -0.2) is 9.78 Å². The Hall–Kier alpha value is -2.93. The third kappa shape index (κ3) is 4.86. The summed E-state index contributed by atoms with van der Waals surface area (Å²) in [6.45, 7) is 8.65. The van der Waals surface area contributed by atoms with Crippen LogP contribution in [0.3, 0.4) is 0 Å². The van der Waals surface area contributed by atoms with Crippen LogP contribution in [0.1, 0.15) is 36.7 Å². The van der Waals surface area contributed by atoms with Gasteiger partial charge in [0.05, 0.1) is 12.2 Å². The molecule has 1 saturated heterocycles. The molecule has 1 aliphatic rings. The molecule has 0 radical (unpaired) electrons. The predicted octanol–water partition coefficient (Wildman–Crippen LogP) is 3.45. The zero-order valence-corrected chi connectivity index (χ0v) is 16.6. The average molecular weight is 383 g/mol. The first-order chi connectivity index (χ1) is 13.2. The van der Waals surface area contributed by atoms with Crippen LogP contribution >= 0.6 is 0 Å². The van der Waals surface area contributed by atoms with E-state index < -0.39 is 11.6 Å². The number of ether oxygens (including phenoxy) is 2. The number of esters is 1. The van der Waals surface area contributed by atoms with Gasteiger partial charge >= 0.3 is 5.97 Å². The Morgan fingerprint density at radius 3 is 2.64 bits per heavy atom. The summed E-state index contributed by atoms with van der Waals surface area (Å²) in [5, 5.41) is 3.21. The summed E-state index contributed by atoms with van der Waals surface area (Å²) in [4.78, 5) is 30.1. The van der Waals surface area contributed by atoms with E-state index in [9.17, 15) is 9.59 Å². The van der Waals surface area contributed by atoms with E-state index in [0.717, 1.165) is 16.9 Å². The molecule has 1 fully saturated rings. The Morgan fingerprint density at radius 2 is 2.04 bits per heavy atom. The van der Waals surface area contributed by atoms with E-state index in [4.69, 9.17) is 9.47 Å². The number of hydrogen-bond donors (Lipinski definition) is 1. The first-order valence-corrected chi connectivity index (χ1v) is 9.18. The summed E-state index contributed by atoms with van der Waals surface area (Å²) in [6, 6.07) is 9.18. The van der Waals surface area contributed by atoms with Crippen molar-refractivity contribution in [3.63, 3.8) is 0 Å². The lowest BCUT2D eigenvalue weighted by Crippen LogP contribution is -2.42. The largest absolute Gasteiger partial charge is 0.456 e. The van der Waals surface area contributed by atoms with Crippen LogP contribution in [0.4, 0.5) is 17.2 Å². The normalized spacial score (nSPS) is 14.7. The van der Waals surface area contributed by atoms with E-state index >= 15 is 0 Å². The lowest BCUT2D eigenvalue weighted by molar-refractivity contribution is -0.125. The van der Waals surface area contributed by atoms with Crippen LogP contribution in [0.25, 0.3) is 0 Å². The molecule has 148 valence electrons.